The average molecular weight is 322 g/mol. The Morgan fingerprint density at radius 3 is 3.00 bits per heavy atom. The maximum Gasteiger partial charge on any atom is 0.341 e. The van der Waals surface area contributed by atoms with Crippen molar-refractivity contribution >= 4 is 28.2 Å². The Bertz CT molecular complexity index is 622. The van der Waals surface area contributed by atoms with E-state index in [0.717, 1.165) is 11.3 Å². The summed E-state index contributed by atoms with van der Waals surface area (Å²) in [5.41, 5.74) is 8.83. The molecule has 0 radical (unpaired) electrons. The number of esters is 1. The van der Waals surface area contributed by atoms with Crippen molar-refractivity contribution in [3.05, 3.63) is 26.9 Å². The normalized spacial score (nSPS) is 17.5. The molecular weight excluding hydrogens is 304 g/mol. The molecule has 1 fully saturated rings. The number of ether oxygens (including phenoxy) is 1. The van der Waals surface area contributed by atoms with Gasteiger partial charge in [0.15, 0.2) is 0 Å². The first kappa shape index (κ1) is 16.3. The van der Waals surface area contributed by atoms with Gasteiger partial charge in [-0.15, -0.1) is 11.3 Å². The predicted molar refractivity (Wildman–Crippen MR) is 84.1 cm³/mol. The van der Waals surface area contributed by atoms with Crippen molar-refractivity contribution in [3.8, 4) is 0 Å². The van der Waals surface area contributed by atoms with Crippen molar-refractivity contribution in [2.24, 2.45) is 11.0 Å². The van der Waals surface area contributed by atoms with Gasteiger partial charge in [-0.2, -0.15) is 0 Å². The van der Waals surface area contributed by atoms with Crippen molar-refractivity contribution in [2.45, 2.75) is 26.7 Å². The molecule has 8 heteroatoms. The van der Waals surface area contributed by atoms with Crippen LogP contribution >= 0.6 is 11.3 Å². The summed E-state index contributed by atoms with van der Waals surface area (Å²) in [5.74, 6) is -0.460. The summed E-state index contributed by atoms with van der Waals surface area (Å²) in [7, 11) is 0. The number of nitrogens with zero attached hydrogens (tertiary/aromatic N) is 4. The lowest BCUT2D eigenvalue weighted by Gasteiger charge is -2.16. The molecule has 1 aromatic heterocycles. The molecule has 118 valence electrons. The minimum atomic E-state index is -0.403. The Kier molecular flexibility index (Phi) is 5.41. The van der Waals surface area contributed by atoms with E-state index in [1.165, 1.54) is 11.3 Å². The van der Waals surface area contributed by atoms with Crippen molar-refractivity contribution in [3.63, 3.8) is 0 Å². The summed E-state index contributed by atoms with van der Waals surface area (Å²) in [6.45, 7) is 4.80. The van der Waals surface area contributed by atoms with Crippen LogP contribution in [0.1, 0.15) is 35.5 Å². The van der Waals surface area contributed by atoms with Crippen LogP contribution in [0, 0.1) is 5.92 Å². The minimum Gasteiger partial charge on any atom is -0.462 e. The number of carbonyl (C=O) groups excluding carboxylic acids is 2. The molecule has 7 nitrogen and oxygen atoms in total. The molecule has 0 aromatic carbocycles. The summed E-state index contributed by atoms with van der Waals surface area (Å²) < 4.78 is 5.08. The van der Waals surface area contributed by atoms with Gasteiger partial charge in [-0.25, -0.2) is 4.79 Å². The number of aryl methyl sites for hydroxylation is 1. The lowest BCUT2D eigenvalue weighted by atomic mass is 10.1. The number of anilines is 1. The molecular formula is C14H18N4O3S. The number of amides is 1. The molecule has 22 heavy (non-hydrogen) atoms. The molecule has 2 rings (SSSR count). The van der Waals surface area contributed by atoms with Gasteiger partial charge < -0.3 is 9.64 Å². The van der Waals surface area contributed by atoms with Gasteiger partial charge in [-0.3, -0.25) is 4.79 Å². The lowest BCUT2D eigenvalue weighted by molar-refractivity contribution is -0.117. The Morgan fingerprint density at radius 1 is 1.59 bits per heavy atom. The summed E-state index contributed by atoms with van der Waals surface area (Å²) in [5, 5.41) is 4.18. The van der Waals surface area contributed by atoms with Gasteiger partial charge in [0, 0.05) is 29.3 Å². The summed E-state index contributed by atoms with van der Waals surface area (Å²) in [6, 6.07) is 1.80. The SMILES string of the molecule is CCOC(=O)c1cc(CC)sc1N1CC(CN=[N+]=[N-])CC1=O. The Labute approximate surface area is 132 Å². The highest BCUT2D eigenvalue weighted by atomic mass is 32.1. The van der Waals surface area contributed by atoms with Crippen LogP contribution in [0.2, 0.25) is 0 Å². The zero-order valence-corrected chi connectivity index (χ0v) is 13.4. The number of carbonyl (C=O) groups is 2. The zero-order chi connectivity index (χ0) is 16.1. The average Bonchev–Trinajstić information content (AvgIpc) is 3.08. The van der Waals surface area contributed by atoms with Crippen LogP contribution in [0.5, 0.6) is 0 Å². The molecule has 2 heterocycles. The lowest BCUT2D eigenvalue weighted by Crippen LogP contribution is -2.25. The van der Waals surface area contributed by atoms with E-state index >= 15 is 0 Å². The van der Waals surface area contributed by atoms with E-state index in [1.807, 2.05) is 6.92 Å². The minimum absolute atomic E-state index is 0.00868. The highest BCUT2D eigenvalue weighted by molar-refractivity contribution is 7.16. The predicted octanol–water partition coefficient (Wildman–Crippen LogP) is 3.15. The zero-order valence-electron chi connectivity index (χ0n) is 12.6. The van der Waals surface area contributed by atoms with Gasteiger partial charge in [-0.05, 0) is 30.9 Å². The molecule has 1 saturated heterocycles. The summed E-state index contributed by atoms with van der Waals surface area (Å²) >= 11 is 1.44. The maximum atomic E-state index is 12.2. The fraction of sp³-hybridized carbons (Fsp3) is 0.571. The first-order valence-corrected chi connectivity index (χ1v) is 8.03. The molecule has 0 N–H and O–H groups in total. The summed E-state index contributed by atoms with van der Waals surface area (Å²) in [6.07, 6.45) is 1.13. The van der Waals surface area contributed by atoms with Gasteiger partial charge in [0.05, 0.1) is 12.2 Å². The van der Waals surface area contributed by atoms with Crippen molar-refractivity contribution in [1.82, 2.24) is 0 Å². The van der Waals surface area contributed by atoms with Gasteiger partial charge in [0.1, 0.15) is 5.00 Å². The number of thiophene rings is 1. The smallest absolute Gasteiger partial charge is 0.341 e. The second-order valence-electron chi connectivity index (χ2n) is 4.99. The van der Waals surface area contributed by atoms with Crippen molar-refractivity contribution < 1.29 is 14.3 Å². The highest BCUT2D eigenvalue weighted by Crippen LogP contribution is 2.36. The van der Waals surface area contributed by atoms with E-state index in [9.17, 15) is 9.59 Å². The fourth-order valence-electron chi connectivity index (χ4n) is 2.41. The molecule has 1 atom stereocenters. The molecule has 1 aliphatic heterocycles. The Hall–Kier alpha value is -2.05. The van der Waals surface area contributed by atoms with Gasteiger partial charge in [0.2, 0.25) is 5.91 Å². The van der Waals surface area contributed by atoms with Crippen LogP contribution in [0.25, 0.3) is 10.4 Å². The van der Waals surface area contributed by atoms with E-state index in [1.54, 1.807) is 17.9 Å². The second-order valence-corrected chi connectivity index (χ2v) is 6.11. The number of hydrogen-bond acceptors (Lipinski definition) is 5. The maximum absolute atomic E-state index is 12.2. The standard InChI is InChI=1S/C14H18N4O3S/c1-3-10-6-11(14(20)21-4-2)13(22-10)18-8-9(5-12(18)19)7-16-17-15/h6,9H,3-5,7-8H2,1-2H3. The summed E-state index contributed by atoms with van der Waals surface area (Å²) in [4.78, 5) is 29.7. The quantitative estimate of drug-likeness (QED) is 0.348. The van der Waals surface area contributed by atoms with Crippen LogP contribution in [0.3, 0.4) is 0 Å². The van der Waals surface area contributed by atoms with Crippen molar-refractivity contribution in [1.29, 1.82) is 0 Å². The van der Waals surface area contributed by atoms with Gasteiger partial charge in [0.25, 0.3) is 0 Å². The highest BCUT2D eigenvalue weighted by Gasteiger charge is 2.34. The fourth-order valence-corrected chi connectivity index (χ4v) is 3.52. The van der Waals surface area contributed by atoms with Crippen LogP contribution in [-0.4, -0.2) is 31.6 Å². The molecule has 1 unspecified atom stereocenters. The van der Waals surface area contributed by atoms with E-state index < -0.39 is 5.97 Å². The van der Waals surface area contributed by atoms with E-state index in [2.05, 4.69) is 10.0 Å². The first-order valence-electron chi connectivity index (χ1n) is 7.21. The van der Waals surface area contributed by atoms with E-state index in [0.29, 0.717) is 36.7 Å². The second kappa shape index (κ2) is 7.29. The number of azide groups is 1. The Balaban J connectivity index is 2.27. The first-order chi connectivity index (χ1) is 10.6. The van der Waals surface area contributed by atoms with Crippen LogP contribution in [0.4, 0.5) is 5.00 Å². The molecule has 0 spiro atoms. The molecule has 1 aromatic rings. The van der Waals surface area contributed by atoms with Crippen molar-refractivity contribution in [2.75, 3.05) is 24.6 Å². The number of hydrogen-bond donors (Lipinski definition) is 0. The van der Waals surface area contributed by atoms with E-state index in [-0.39, 0.29) is 11.8 Å². The monoisotopic (exact) mass is 322 g/mol. The Morgan fingerprint density at radius 2 is 2.36 bits per heavy atom. The van der Waals surface area contributed by atoms with Crippen LogP contribution in [-0.2, 0) is 16.0 Å². The van der Waals surface area contributed by atoms with E-state index in [4.69, 9.17) is 10.3 Å². The molecule has 0 saturated carbocycles. The third kappa shape index (κ3) is 3.40. The third-order valence-corrected chi connectivity index (χ3v) is 4.76. The van der Waals surface area contributed by atoms with Crippen LogP contribution < -0.4 is 4.90 Å². The largest absolute Gasteiger partial charge is 0.462 e. The number of rotatable bonds is 6. The van der Waals surface area contributed by atoms with Gasteiger partial charge >= 0.3 is 5.97 Å². The van der Waals surface area contributed by atoms with Gasteiger partial charge in [-0.1, -0.05) is 12.0 Å². The third-order valence-electron chi connectivity index (χ3n) is 3.46. The molecule has 0 aliphatic carbocycles. The topological polar surface area (TPSA) is 95.4 Å². The molecule has 0 bridgehead atoms. The van der Waals surface area contributed by atoms with Crippen LogP contribution in [0.15, 0.2) is 11.2 Å². The molecule has 1 amide bonds. The molecule has 1 aliphatic rings.